The van der Waals surface area contributed by atoms with Gasteiger partial charge in [-0.25, -0.2) is 9.79 Å². The Morgan fingerprint density at radius 1 is 1.12 bits per heavy atom. The molecule has 0 spiro atoms. The summed E-state index contributed by atoms with van der Waals surface area (Å²) in [6, 6.07) is 6.42. The van der Waals surface area contributed by atoms with Crippen molar-refractivity contribution in [3.63, 3.8) is 0 Å². The van der Waals surface area contributed by atoms with Crippen LogP contribution in [-0.4, -0.2) is 81.9 Å². The highest BCUT2D eigenvalue weighted by Gasteiger charge is 2.15. The maximum Gasteiger partial charge on any atom is 0.354 e. The van der Waals surface area contributed by atoms with Crippen molar-refractivity contribution in [1.29, 1.82) is 0 Å². The number of carboxylic acid groups (broad SMARTS) is 2. The highest BCUT2D eigenvalue weighted by atomic mass is 16.6. The summed E-state index contributed by atoms with van der Waals surface area (Å²) in [5.41, 5.74) is 1.27. The molecule has 1 aromatic carbocycles. The summed E-state index contributed by atoms with van der Waals surface area (Å²) in [5, 5.41) is 29.2. The van der Waals surface area contributed by atoms with Crippen molar-refractivity contribution < 1.29 is 24.7 Å². The summed E-state index contributed by atoms with van der Waals surface area (Å²) in [7, 11) is 0. The second kappa shape index (κ2) is 13.8. The van der Waals surface area contributed by atoms with Crippen LogP contribution in [0.1, 0.15) is 19.4 Å². The quantitative estimate of drug-likeness (QED) is 0.181. The molecule has 0 fully saturated rings. The van der Waals surface area contributed by atoms with E-state index in [2.05, 4.69) is 16.5 Å². The minimum absolute atomic E-state index is 0.0501. The first-order chi connectivity index (χ1) is 15.2. The van der Waals surface area contributed by atoms with Gasteiger partial charge in [0.25, 0.3) is 5.69 Å². The van der Waals surface area contributed by atoms with Gasteiger partial charge >= 0.3 is 11.9 Å². The zero-order valence-electron chi connectivity index (χ0n) is 18.4. The molecule has 0 aliphatic heterocycles. The topological polar surface area (TPSA) is 137 Å². The molecule has 174 valence electrons. The number of hydrogen-bond donors (Lipinski definition) is 2. The minimum atomic E-state index is -1.17. The number of non-ortho nitro benzene ring substituents is 1. The minimum Gasteiger partial charge on any atom is -0.480 e. The number of carbonyl (C=O) groups is 2. The molecule has 10 nitrogen and oxygen atoms in total. The summed E-state index contributed by atoms with van der Waals surface area (Å²) >= 11 is 0. The van der Waals surface area contributed by atoms with Gasteiger partial charge in [-0.05, 0) is 31.5 Å². The SMILES string of the molecule is C=CC(CN(CCN(CC)CCc1ccc([N+](=O)[O-])cc1)CC(=O)O)=N/C(=C\C)C(=O)O. The maximum atomic E-state index is 11.3. The van der Waals surface area contributed by atoms with Crippen molar-refractivity contribution in [3.05, 3.63) is 64.4 Å². The van der Waals surface area contributed by atoms with E-state index in [-0.39, 0.29) is 24.5 Å². The summed E-state index contributed by atoms with van der Waals surface area (Å²) in [4.78, 5) is 40.7. The number of nitro groups is 1. The van der Waals surface area contributed by atoms with Crippen molar-refractivity contribution in [3.8, 4) is 0 Å². The molecule has 0 aliphatic carbocycles. The number of nitrogens with zero attached hydrogens (tertiary/aromatic N) is 4. The van der Waals surface area contributed by atoms with Gasteiger partial charge in [0.1, 0.15) is 5.70 Å². The van der Waals surface area contributed by atoms with Crippen LogP contribution in [0.3, 0.4) is 0 Å². The Kier molecular flexibility index (Phi) is 11.5. The molecule has 0 unspecified atom stereocenters. The normalized spacial score (nSPS) is 12.2. The third-order valence-electron chi connectivity index (χ3n) is 4.78. The van der Waals surface area contributed by atoms with E-state index >= 15 is 0 Å². The number of benzene rings is 1. The number of nitro benzene ring substituents is 1. The number of hydrogen-bond acceptors (Lipinski definition) is 7. The second-order valence-corrected chi connectivity index (χ2v) is 7.00. The van der Waals surface area contributed by atoms with E-state index in [4.69, 9.17) is 5.11 Å². The lowest BCUT2D eigenvalue weighted by Gasteiger charge is -2.26. The Labute approximate surface area is 187 Å². The molecule has 0 bridgehead atoms. The standard InChI is InChI=1S/C22H30N4O6/c1-4-18(23-20(5-2)22(29)30)15-25(16-21(27)28)14-13-24(6-3)12-11-17-7-9-19(10-8-17)26(31)32/h4-5,7-10H,1,6,11-16H2,2-3H3,(H,27,28)(H,29,30)/b20-5-,23-18?. The zero-order valence-corrected chi connectivity index (χ0v) is 18.4. The number of allylic oxidation sites excluding steroid dienone is 1. The fourth-order valence-electron chi connectivity index (χ4n) is 2.95. The largest absolute Gasteiger partial charge is 0.480 e. The lowest BCUT2D eigenvalue weighted by atomic mass is 10.1. The van der Waals surface area contributed by atoms with Crippen molar-refractivity contribution in [2.45, 2.75) is 20.3 Å². The third kappa shape index (κ3) is 9.63. The van der Waals surface area contributed by atoms with E-state index < -0.39 is 16.9 Å². The molecule has 0 atom stereocenters. The van der Waals surface area contributed by atoms with Crippen LogP contribution in [0.25, 0.3) is 0 Å². The van der Waals surface area contributed by atoms with E-state index in [1.165, 1.54) is 24.3 Å². The first kappa shape index (κ1) is 26.7. The Morgan fingerprint density at radius 3 is 2.22 bits per heavy atom. The van der Waals surface area contributed by atoms with Gasteiger partial charge in [0.05, 0.1) is 17.2 Å². The van der Waals surface area contributed by atoms with Crippen molar-refractivity contribution >= 4 is 23.3 Å². The van der Waals surface area contributed by atoms with Crippen LogP contribution in [0, 0.1) is 10.1 Å². The van der Waals surface area contributed by atoms with Gasteiger partial charge in [-0.3, -0.25) is 19.8 Å². The van der Waals surface area contributed by atoms with Crippen LogP contribution in [0.15, 0.2) is 53.7 Å². The summed E-state index contributed by atoms with van der Waals surface area (Å²) < 4.78 is 0. The Morgan fingerprint density at radius 2 is 1.75 bits per heavy atom. The van der Waals surface area contributed by atoms with Crippen molar-refractivity contribution in [2.75, 3.05) is 39.3 Å². The molecule has 0 amide bonds. The lowest BCUT2D eigenvalue weighted by Crippen LogP contribution is -2.40. The maximum absolute atomic E-state index is 11.3. The molecular formula is C22H30N4O6. The summed E-state index contributed by atoms with van der Waals surface area (Å²) in [5.74, 6) is -2.16. The lowest BCUT2D eigenvalue weighted by molar-refractivity contribution is -0.384. The Balaban J connectivity index is 2.75. The van der Waals surface area contributed by atoms with Crippen LogP contribution < -0.4 is 0 Å². The van der Waals surface area contributed by atoms with Gasteiger partial charge in [-0.2, -0.15) is 0 Å². The molecule has 0 saturated carbocycles. The summed E-state index contributed by atoms with van der Waals surface area (Å²) in [6.07, 6.45) is 3.49. The monoisotopic (exact) mass is 446 g/mol. The van der Waals surface area contributed by atoms with Crippen molar-refractivity contribution in [1.82, 2.24) is 9.80 Å². The van der Waals surface area contributed by atoms with E-state index in [1.54, 1.807) is 24.0 Å². The van der Waals surface area contributed by atoms with Crippen LogP contribution in [0.5, 0.6) is 0 Å². The first-order valence-electron chi connectivity index (χ1n) is 10.2. The van der Waals surface area contributed by atoms with Crippen LogP contribution in [-0.2, 0) is 16.0 Å². The molecule has 0 aromatic heterocycles. The Bertz CT molecular complexity index is 864. The Hall–Kier alpha value is -3.37. The van der Waals surface area contributed by atoms with E-state index in [9.17, 15) is 24.8 Å². The van der Waals surface area contributed by atoms with Gasteiger partial charge in [-0.15, -0.1) is 0 Å². The molecular weight excluding hydrogens is 416 g/mol. The van der Waals surface area contributed by atoms with Crippen molar-refractivity contribution in [2.24, 2.45) is 4.99 Å². The molecule has 1 aromatic rings. The van der Waals surface area contributed by atoms with Gasteiger partial charge in [0.15, 0.2) is 0 Å². The number of carboxylic acids is 2. The first-order valence-corrected chi connectivity index (χ1v) is 10.2. The average Bonchev–Trinajstić information content (AvgIpc) is 2.75. The molecule has 10 heteroatoms. The number of likely N-dealkylation sites (N-methyl/N-ethyl adjacent to an activating group) is 1. The second-order valence-electron chi connectivity index (χ2n) is 7.00. The third-order valence-corrected chi connectivity index (χ3v) is 4.78. The van der Waals surface area contributed by atoms with E-state index in [0.29, 0.717) is 31.8 Å². The van der Waals surface area contributed by atoms with E-state index in [1.807, 2.05) is 6.92 Å². The van der Waals surface area contributed by atoms with Gasteiger partial charge in [0, 0.05) is 38.3 Å². The highest BCUT2D eigenvalue weighted by Crippen LogP contribution is 2.12. The molecule has 0 aliphatic rings. The molecule has 1 rings (SSSR count). The molecule has 2 N–H and O–H groups in total. The fourth-order valence-corrected chi connectivity index (χ4v) is 2.95. The molecule has 0 saturated heterocycles. The predicted molar refractivity (Wildman–Crippen MR) is 122 cm³/mol. The zero-order chi connectivity index (χ0) is 24.1. The summed E-state index contributed by atoms with van der Waals surface area (Å²) in [6.45, 7) is 9.64. The van der Waals surface area contributed by atoms with Gasteiger partial charge in [-0.1, -0.05) is 31.7 Å². The van der Waals surface area contributed by atoms with Crippen LogP contribution in [0.4, 0.5) is 5.69 Å². The van der Waals surface area contributed by atoms with Gasteiger partial charge in [0.2, 0.25) is 0 Å². The molecule has 32 heavy (non-hydrogen) atoms. The number of aliphatic imine (C=N–C) groups is 1. The van der Waals surface area contributed by atoms with E-state index in [0.717, 1.165) is 12.1 Å². The smallest absolute Gasteiger partial charge is 0.354 e. The number of rotatable bonds is 15. The molecule has 0 heterocycles. The highest BCUT2D eigenvalue weighted by molar-refractivity contribution is 6.00. The predicted octanol–water partition coefficient (Wildman–Crippen LogP) is 2.46. The van der Waals surface area contributed by atoms with Crippen LogP contribution >= 0.6 is 0 Å². The fraction of sp³-hybridized carbons (Fsp3) is 0.409. The molecule has 0 radical (unpaired) electrons. The van der Waals surface area contributed by atoms with Gasteiger partial charge < -0.3 is 15.1 Å². The average molecular weight is 447 g/mol. The number of aliphatic carboxylic acids is 2. The van der Waals surface area contributed by atoms with Crippen LogP contribution in [0.2, 0.25) is 0 Å².